The summed E-state index contributed by atoms with van der Waals surface area (Å²) in [4.78, 5) is 66.9. The molecule has 61 heavy (non-hydrogen) atoms. The Hall–Kier alpha value is -5.84. The molecule has 0 unspecified atom stereocenters. The van der Waals surface area contributed by atoms with Crippen LogP contribution in [0.2, 0.25) is 0 Å². The number of nitrogens with zero attached hydrogens (tertiary/aromatic N) is 3. The summed E-state index contributed by atoms with van der Waals surface area (Å²) in [5.41, 5.74) is 17.1. The molecule has 2 aliphatic heterocycles. The molecular weight excluding hydrogens is 794 g/mol. The SMILES string of the molecule is CC(=O)O[C@@H]1[C@@H](OC(C)=O)[C@H](O[C@H]2[C@@H](N=[N+]=[N-])[C@@H](C)O[C@@H](O[C@H]3c4ccc(C)c(C)c4-c4c(ccc(C)c4C)[C@@H]3OC(C)=O)[C@@H]2OC(=O)c2ccccc2)OC[C@H]1OC(C)=O. The van der Waals surface area contributed by atoms with E-state index in [4.69, 9.17) is 42.6 Å². The van der Waals surface area contributed by atoms with Crippen molar-refractivity contribution in [1.82, 2.24) is 0 Å². The summed E-state index contributed by atoms with van der Waals surface area (Å²) in [5.74, 6) is -3.75. The molecule has 2 fully saturated rings. The van der Waals surface area contributed by atoms with Gasteiger partial charge in [0.15, 0.2) is 43.1 Å². The first-order valence-corrected chi connectivity index (χ1v) is 19.8. The van der Waals surface area contributed by atoms with Gasteiger partial charge in [-0.15, -0.1) is 0 Å². The molecule has 0 amide bonds. The topological polar surface area (TPSA) is 217 Å². The van der Waals surface area contributed by atoms with E-state index in [-0.39, 0.29) is 12.2 Å². The molecule has 2 saturated heterocycles. The van der Waals surface area contributed by atoms with Crippen LogP contribution in [0.5, 0.6) is 0 Å². The van der Waals surface area contributed by atoms with Crippen LogP contribution in [0.3, 0.4) is 0 Å². The van der Waals surface area contributed by atoms with Crippen LogP contribution in [0.4, 0.5) is 0 Å². The van der Waals surface area contributed by atoms with Crippen molar-refractivity contribution in [2.24, 2.45) is 5.11 Å². The van der Waals surface area contributed by atoms with Crippen LogP contribution >= 0.6 is 0 Å². The predicted molar refractivity (Wildman–Crippen MR) is 213 cm³/mol. The second kappa shape index (κ2) is 18.8. The van der Waals surface area contributed by atoms with E-state index in [2.05, 4.69) is 10.0 Å². The molecule has 11 atom stereocenters. The number of fused-ring (bicyclic) bond motifs is 3. The number of benzene rings is 3. The van der Waals surface area contributed by atoms with Crippen molar-refractivity contribution in [3.63, 3.8) is 0 Å². The minimum Gasteiger partial charge on any atom is -0.456 e. The molecule has 17 nitrogen and oxygen atoms in total. The van der Waals surface area contributed by atoms with Gasteiger partial charge in [0, 0.05) is 38.2 Å². The molecule has 0 spiro atoms. The Kier molecular flexibility index (Phi) is 13.8. The molecule has 3 aliphatic rings. The summed E-state index contributed by atoms with van der Waals surface area (Å²) in [6, 6.07) is 14.5. The van der Waals surface area contributed by atoms with Gasteiger partial charge in [-0.3, -0.25) is 19.2 Å². The number of hydrogen-bond acceptors (Lipinski definition) is 15. The maximum absolute atomic E-state index is 14.0. The highest BCUT2D eigenvalue weighted by atomic mass is 16.8. The summed E-state index contributed by atoms with van der Waals surface area (Å²) in [5, 5.41) is 3.99. The Balaban J connectivity index is 1.49. The molecule has 17 heteroatoms. The summed E-state index contributed by atoms with van der Waals surface area (Å²) >= 11 is 0. The third-order valence-electron chi connectivity index (χ3n) is 11.0. The van der Waals surface area contributed by atoms with Crippen LogP contribution in [-0.4, -0.2) is 91.7 Å². The van der Waals surface area contributed by atoms with Crippen molar-refractivity contribution in [3.8, 4) is 11.1 Å². The van der Waals surface area contributed by atoms with Crippen LogP contribution in [0.15, 0.2) is 59.7 Å². The third kappa shape index (κ3) is 9.56. The van der Waals surface area contributed by atoms with E-state index in [1.807, 2.05) is 52.0 Å². The first-order chi connectivity index (χ1) is 29.0. The number of ether oxygens (including phenoxy) is 9. The van der Waals surface area contributed by atoms with Crippen molar-refractivity contribution in [3.05, 3.63) is 104 Å². The first-order valence-electron chi connectivity index (χ1n) is 19.8. The van der Waals surface area contributed by atoms with Gasteiger partial charge in [0.1, 0.15) is 12.2 Å². The fourth-order valence-electron chi connectivity index (χ4n) is 8.07. The summed E-state index contributed by atoms with van der Waals surface area (Å²) < 4.78 is 54.8. The van der Waals surface area contributed by atoms with Crippen LogP contribution in [0, 0.1) is 27.7 Å². The summed E-state index contributed by atoms with van der Waals surface area (Å²) in [6.45, 7) is 13.9. The minimum absolute atomic E-state index is 0.150. The number of aryl methyl sites for hydroxylation is 2. The first kappa shape index (κ1) is 44.7. The van der Waals surface area contributed by atoms with Gasteiger partial charge in [-0.1, -0.05) is 47.6 Å². The number of rotatable bonds is 11. The Morgan fingerprint density at radius 1 is 0.639 bits per heavy atom. The van der Waals surface area contributed by atoms with Gasteiger partial charge in [-0.25, -0.2) is 4.79 Å². The fraction of sp³-hybridized carbons (Fsp3) is 0.477. The van der Waals surface area contributed by atoms with Crippen molar-refractivity contribution in [2.75, 3.05) is 6.61 Å². The molecule has 324 valence electrons. The second-order valence-corrected chi connectivity index (χ2v) is 15.3. The highest BCUT2D eigenvalue weighted by molar-refractivity contribution is 5.89. The van der Waals surface area contributed by atoms with Gasteiger partial charge in [0.05, 0.1) is 24.3 Å². The molecule has 6 rings (SSSR count). The lowest BCUT2D eigenvalue weighted by atomic mass is 9.76. The highest BCUT2D eigenvalue weighted by Crippen LogP contribution is 2.52. The maximum Gasteiger partial charge on any atom is 0.338 e. The van der Waals surface area contributed by atoms with Gasteiger partial charge >= 0.3 is 29.8 Å². The van der Waals surface area contributed by atoms with Gasteiger partial charge in [0.2, 0.25) is 0 Å². The predicted octanol–water partition coefficient (Wildman–Crippen LogP) is 6.45. The molecule has 1 aliphatic carbocycles. The number of carbonyl (C=O) groups excluding carboxylic acids is 5. The van der Waals surface area contributed by atoms with Crippen molar-refractivity contribution < 1.29 is 66.6 Å². The fourth-order valence-corrected chi connectivity index (χ4v) is 8.07. The standard InChI is InChI=1S/C44H49N3O14/c1-20-15-17-30-33(22(20)3)34-23(4)21(2)16-18-31(34)37(36(30)56-26(7)49)60-44-41(59-42(52)29-13-11-10-12-14-29)39(35(46-47-45)24(5)54-44)61-43-40(58-28(9)51)38(57-27(8)50)32(19-53-43)55-25(6)48/h10-18,24,32,35-41,43-44H,19H2,1-9H3/t24-,32-,35+,36+,37+,38+,39+,40-,41-,43+,44+/m1/s1. The van der Waals surface area contributed by atoms with E-state index < -0.39 is 97.3 Å². The average Bonchev–Trinajstić information content (AvgIpc) is 3.19. The van der Waals surface area contributed by atoms with E-state index >= 15 is 0 Å². The Bertz CT molecular complexity index is 2230. The van der Waals surface area contributed by atoms with Crippen LogP contribution in [0.25, 0.3) is 21.6 Å². The van der Waals surface area contributed by atoms with E-state index in [1.54, 1.807) is 25.1 Å². The Morgan fingerprint density at radius 2 is 1.18 bits per heavy atom. The number of azide groups is 1. The van der Waals surface area contributed by atoms with E-state index in [0.717, 1.165) is 54.2 Å². The van der Waals surface area contributed by atoms with Crippen LogP contribution in [0.1, 0.15) is 90.6 Å². The minimum atomic E-state index is -1.60. The Morgan fingerprint density at radius 3 is 1.74 bits per heavy atom. The second-order valence-electron chi connectivity index (χ2n) is 15.3. The highest BCUT2D eigenvalue weighted by Gasteiger charge is 2.55. The van der Waals surface area contributed by atoms with Gasteiger partial charge in [-0.2, -0.15) is 0 Å². The summed E-state index contributed by atoms with van der Waals surface area (Å²) in [6.07, 6.45) is -13.4. The van der Waals surface area contributed by atoms with E-state index in [9.17, 15) is 29.5 Å². The number of esters is 5. The molecule has 3 aromatic carbocycles. The molecule has 0 bridgehead atoms. The van der Waals surface area contributed by atoms with E-state index in [1.165, 1.54) is 19.1 Å². The van der Waals surface area contributed by atoms with Crippen molar-refractivity contribution >= 4 is 29.8 Å². The average molecular weight is 844 g/mol. The van der Waals surface area contributed by atoms with Gasteiger partial charge in [0.25, 0.3) is 0 Å². The molecule has 3 aromatic rings. The van der Waals surface area contributed by atoms with Crippen LogP contribution < -0.4 is 0 Å². The molecule has 0 N–H and O–H groups in total. The molecule has 0 radical (unpaired) electrons. The zero-order chi connectivity index (χ0) is 44.3. The lowest BCUT2D eigenvalue weighted by molar-refractivity contribution is -0.338. The number of carbonyl (C=O) groups is 5. The maximum atomic E-state index is 14.0. The lowest BCUT2D eigenvalue weighted by Crippen LogP contribution is -2.64. The molecule has 2 heterocycles. The molecule has 0 saturated carbocycles. The van der Waals surface area contributed by atoms with Gasteiger partial charge < -0.3 is 42.6 Å². The van der Waals surface area contributed by atoms with Crippen molar-refractivity contribution in [2.45, 2.75) is 130 Å². The zero-order valence-electron chi connectivity index (χ0n) is 35.3. The van der Waals surface area contributed by atoms with E-state index in [0.29, 0.717) is 11.1 Å². The normalized spacial score (nSPS) is 27.9. The Labute approximate surface area is 352 Å². The monoisotopic (exact) mass is 843 g/mol. The summed E-state index contributed by atoms with van der Waals surface area (Å²) in [7, 11) is 0. The van der Waals surface area contributed by atoms with Crippen molar-refractivity contribution in [1.29, 1.82) is 0 Å². The van der Waals surface area contributed by atoms with Crippen LogP contribution in [-0.2, 0) is 61.8 Å². The third-order valence-corrected chi connectivity index (χ3v) is 11.0. The molecule has 0 aromatic heterocycles. The quantitative estimate of drug-likeness (QED) is 0.0667. The smallest absolute Gasteiger partial charge is 0.338 e. The number of hydrogen-bond donors (Lipinski definition) is 0. The lowest BCUT2D eigenvalue weighted by Gasteiger charge is -2.48. The zero-order valence-corrected chi connectivity index (χ0v) is 35.3. The van der Waals surface area contributed by atoms with Gasteiger partial charge in [-0.05, 0) is 91.2 Å². The molecular formula is C44H49N3O14. The largest absolute Gasteiger partial charge is 0.456 e.